The number of nitrogens with one attached hydrogen (secondary N) is 1. The summed E-state index contributed by atoms with van der Waals surface area (Å²) < 4.78 is 0. The van der Waals surface area contributed by atoms with Crippen LogP contribution in [-0.4, -0.2) is 40.8 Å². The van der Waals surface area contributed by atoms with Gasteiger partial charge in [-0.25, -0.2) is 4.98 Å². The summed E-state index contributed by atoms with van der Waals surface area (Å²) >= 11 is 5.93. The summed E-state index contributed by atoms with van der Waals surface area (Å²) in [4.78, 5) is 29.0. The van der Waals surface area contributed by atoms with E-state index >= 15 is 0 Å². The molecule has 0 saturated carbocycles. The second kappa shape index (κ2) is 6.02. The van der Waals surface area contributed by atoms with Crippen molar-refractivity contribution in [3.05, 3.63) is 29.0 Å². The first-order chi connectivity index (χ1) is 9.08. The number of piperidine rings is 1. The summed E-state index contributed by atoms with van der Waals surface area (Å²) in [5, 5.41) is 3.07. The number of carbonyl (C=O) groups excluding carboxylic acids is 2. The number of nitrogens with zero attached hydrogens (tertiary/aromatic N) is 2. The van der Waals surface area contributed by atoms with E-state index in [1.54, 1.807) is 23.2 Å². The highest BCUT2D eigenvalue weighted by Crippen LogP contribution is 2.18. The molecule has 5 nitrogen and oxygen atoms in total. The lowest BCUT2D eigenvalue weighted by atomic mass is 10.0. The van der Waals surface area contributed by atoms with Gasteiger partial charge in [-0.2, -0.15) is 0 Å². The minimum Gasteiger partial charge on any atom is -0.352 e. The van der Waals surface area contributed by atoms with E-state index in [1.165, 1.54) is 6.92 Å². The van der Waals surface area contributed by atoms with Gasteiger partial charge in [0, 0.05) is 32.3 Å². The summed E-state index contributed by atoms with van der Waals surface area (Å²) in [6.07, 6.45) is 3.31. The van der Waals surface area contributed by atoms with Crippen molar-refractivity contribution in [1.82, 2.24) is 15.2 Å². The zero-order valence-electron chi connectivity index (χ0n) is 10.7. The predicted molar refractivity (Wildman–Crippen MR) is 72.0 cm³/mol. The first-order valence-corrected chi connectivity index (χ1v) is 6.62. The molecule has 0 aliphatic carbocycles. The van der Waals surface area contributed by atoms with Crippen LogP contribution in [0.4, 0.5) is 0 Å². The van der Waals surface area contributed by atoms with Gasteiger partial charge in [0.1, 0.15) is 5.15 Å². The number of hydrogen-bond donors (Lipinski definition) is 1. The molecule has 1 N–H and O–H groups in total. The summed E-state index contributed by atoms with van der Waals surface area (Å²) in [5.41, 5.74) is 0.410. The van der Waals surface area contributed by atoms with Crippen LogP contribution in [0.1, 0.15) is 30.1 Å². The van der Waals surface area contributed by atoms with Crippen molar-refractivity contribution >= 4 is 23.4 Å². The highest BCUT2D eigenvalue weighted by atomic mass is 35.5. The van der Waals surface area contributed by atoms with Crippen LogP contribution >= 0.6 is 11.6 Å². The van der Waals surface area contributed by atoms with Gasteiger partial charge in [0.05, 0.1) is 5.56 Å². The second-order valence-corrected chi connectivity index (χ2v) is 4.99. The monoisotopic (exact) mass is 281 g/mol. The lowest BCUT2D eigenvalue weighted by Crippen LogP contribution is -2.49. The molecule has 1 aromatic heterocycles. The van der Waals surface area contributed by atoms with Gasteiger partial charge in [0.15, 0.2) is 0 Å². The van der Waals surface area contributed by atoms with Crippen molar-refractivity contribution in [2.45, 2.75) is 25.8 Å². The molecule has 0 spiro atoms. The zero-order valence-corrected chi connectivity index (χ0v) is 11.5. The minimum absolute atomic E-state index is 0.0191. The molecule has 6 heteroatoms. The maximum absolute atomic E-state index is 12.3. The molecule has 2 heterocycles. The van der Waals surface area contributed by atoms with E-state index in [0.717, 1.165) is 12.8 Å². The third-order valence-corrected chi connectivity index (χ3v) is 3.41. The fourth-order valence-corrected chi connectivity index (χ4v) is 2.48. The number of rotatable bonds is 2. The molecule has 102 valence electrons. The molecule has 0 aromatic carbocycles. The summed E-state index contributed by atoms with van der Waals surface area (Å²) in [6.45, 7) is 2.68. The minimum atomic E-state index is -0.131. The molecule has 1 aromatic rings. The van der Waals surface area contributed by atoms with E-state index < -0.39 is 0 Å². The molecular formula is C13H16ClN3O2. The van der Waals surface area contributed by atoms with Gasteiger partial charge in [-0.15, -0.1) is 0 Å². The van der Waals surface area contributed by atoms with Crippen molar-refractivity contribution in [2.75, 3.05) is 13.1 Å². The van der Waals surface area contributed by atoms with Crippen LogP contribution in [0.3, 0.4) is 0 Å². The van der Waals surface area contributed by atoms with Gasteiger partial charge in [-0.3, -0.25) is 9.59 Å². The first-order valence-electron chi connectivity index (χ1n) is 6.25. The van der Waals surface area contributed by atoms with Crippen molar-refractivity contribution in [3.63, 3.8) is 0 Å². The van der Waals surface area contributed by atoms with Crippen LogP contribution in [0.2, 0.25) is 5.15 Å². The number of pyridine rings is 1. The van der Waals surface area contributed by atoms with E-state index in [-0.39, 0.29) is 23.0 Å². The maximum Gasteiger partial charge on any atom is 0.257 e. The molecule has 0 bridgehead atoms. The van der Waals surface area contributed by atoms with E-state index in [4.69, 9.17) is 11.6 Å². The van der Waals surface area contributed by atoms with Gasteiger partial charge in [0.25, 0.3) is 5.91 Å². The Labute approximate surface area is 117 Å². The predicted octanol–water partition coefficient (Wildman–Crippen LogP) is 1.48. The van der Waals surface area contributed by atoms with Gasteiger partial charge in [-0.1, -0.05) is 11.6 Å². The Hall–Kier alpha value is -1.62. The molecule has 19 heavy (non-hydrogen) atoms. The first kappa shape index (κ1) is 13.8. The Morgan fingerprint density at radius 1 is 1.53 bits per heavy atom. The Bertz CT molecular complexity index is 493. The molecule has 1 fully saturated rings. The number of halogens is 1. The molecule has 1 atom stereocenters. The van der Waals surface area contributed by atoms with Crippen molar-refractivity contribution in [1.29, 1.82) is 0 Å². The zero-order chi connectivity index (χ0) is 13.8. The molecular weight excluding hydrogens is 266 g/mol. The highest BCUT2D eigenvalue weighted by Gasteiger charge is 2.26. The lowest BCUT2D eigenvalue weighted by molar-refractivity contribution is -0.120. The van der Waals surface area contributed by atoms with Crippen LogP contribution in [0.5, 0.6) is 0 Å². The fraction of sp³-hybridized carbons (Fsp3) is 0.462. The van der Waals surface area contributed by atoms with Gasteiger partial charge >= 0.3 is 0 Å². The Morgan fingerprint density at radius 3 is 3.00 bits per heavy atom. The number of carbonyl (C=O) groups is 2. The summed E-state index contributed by atoms with van der Waals surface area (Å²) in [6, 6.07) is 3.37. The van der Waals surface area contributed by atoms with Crippen LogP contribution in [0.25, 0.3) is 0 Å². The molecule has 1 saturated heterocycles. The Balaban J connectivity index is 2.07. The third-order valence-electron chi connectivity index (χ3n) is 3.11. The molecule has 2 rings (SSSR count). The van der Waals surface area contributed by atoms with Gasteiger partial charge in [-0.05, 0) is 25.0 Å². The smallest absolute Gasteiger partial charge is 0.257 e. The van der Waals surface area contributed by atoms with Crippen LogP contribution < -0.4 is 5.32 Å². The number of amides is 2. The summed E-state index contributed by atoms with van der Waals surface area (Å²) in [7, 11) is 0. The lowest BCUT2D eigenvalue weighted by Gasteiger charge is -2.33. The molecule has 1 unspecified atom stereocenters. The SMILES string of the molecule is CC(=O)NC1CCCN(C(=O)c2cccnc2Cl)C1. The number of aromatic nitrogens is 1. The van der Waals surface area contributed by atoms with Crippen LogP contribution in [0.15, 0.2) is 18.3 Å². The average molecular weight is 282 g/mol. The third kappa shape index (κ3) is 3.44. The van der Waals surface area contributed by atoms with Gasteiger partial charge < -0.3 is 10.2 Å². The largest absolute Gasteiger partial charge is 0.352 e. The van der Waals surface area contributed by atoms with E-state index in [1.807, 2.05) is 0 Å². The topological polar surface area (TPSA) is 62.3 Å². The van der Waals surface area contributed by atoms with Crippen molar-refractivity contribution < 1.29 is 9.59 Å². The number of likely N-dealkylation sites (tertiary alicyclic amines) is 1. The second-order valence-electron chi connectivity index (χ2n) is 4.63. The maximum atomic E-state index is 12.3. The highest BCUT2D eigenvalue weighted by molar-refractivity contribution is 6.32. The van der Waals surface area contributed by atoms with Crippen LogP contribution in [0, 0.1) is 0 Å². The normalized spacial score (nSPS) is 19.1. The quantitative estimate of drug-likeness (QED) is 0.835. The van der Waals surface area contributed by atoms with Crippen LogP contribution in [-0.2, 0) is 4.79 Å². The van der Waals surface area contributed by atoms with Crippen molar-refractivity contribution in [3.8, 4) is 0 Å². The van der Waals surface area contributed by atoms with Crippen molar-refractivity contribution in [2.24, 2.45) is 0 Å². The molecule has 1 aliphatic rings. The molecule has 2 amide bonds. The Kier molecular flexibility index (Phi) is 4.37. The molecule has 1 aliphatic heterocycles. The van der Waals surface area contributed by atoms with Gasteiger partial charge in [0.2, 0.25) is 5.91 Å². The van der Waals surface area contributed by atoms with E-state index in [9.17, 15) is 9.59 Å². The standard InChI is InChI=1S/C13H16ClN3O2/c1-9(18)16-10-4-3-7-17(8-10)13(19)11-5-2-6-15-12(11)14/h2,5-6,10H,3-4,7-8H2,1H3,(H,16,18). The van der Waals surface area contributed by atoms with E-state index in [2.05, 4.69) is 10.3 Å². The average Bonchev–Trinajstić information content (AvgIpc) is 2.38. The fourth-order valence-electron chi connectivity index (χ4n) is 2.28. The summed E-state index contributed by atoms with van der Waals surface area (Å²) in [5.74, 6) is -0.202. The Morgan fingerprint density at radius 2 is 2.32 bits per heavy atom. The number of hydrogen-bond acceptors (Lipinski definition) is 3. The molecule has 0 radical (unpaired) electrons. The van der Waals surface area contributed by atoms with E-state index in [0.29, 0.717) is 18.7 Å².